The molecule has 10 heteroatoms. The fourth-order valence-electron chi connectivity index (χ4n) is 4.72. The van der Waals surface area contributed by atoms with Gasteiger partial charge in [0.25, 0.3) is 0 Å². The van der Waals surface area contributed by atoms with E-state index in [0.29, 0.717) is 33.3 Å². The third-order valence-electron chi connectivity index (χ3n) is 6.76. The number of carbonyl (C=O) groups excluding carboxylic acids is 2. The van der Waals surface area contributed by atoms with Crippen LogP contribution in [0.1, 0.15) is 56.6 Å². The summed E-state index contributed by atoms with van der Waals surface area (Å²) in [5.41, 5.74) is 1.65. The second-order valence-electron chi connectivity index (χ2n) is 9.58. The molecule has 0 bridgehead atoms. The molecule has 2 aromatic carbocycles. The van der Waals surface area contributed by atoms with Crippen molar-refractivity contribution in [3.05, 3.63) is 63.6 Å². The van der Waals surface area contributed by atoms with Gasteiger partial charge in [-0.1, -0.05) is 73.7 Å². The minimum Gasteiger partial charge on any atom is -0.352 e. The average molecular weight is 569 g/mol. The summed E-state index contributed by atoms with van der Waals surface area (Å²) in [4.78, 5) is 28.7. The number of halogens is 2. The molecule has 1 N–H and O–H groups in total. The van der Waals surface area contributed by atoms with Crippen LogP contribution in [0.15, 0.2) is 42.5 Å². The van der Waals surface area contributed by atoms with E-state index < -0.39 is 28.5 Å². The van der Waals surface area contributed by atoms with Crippen LogP contribution in [0.25, 0.3) is 0 Å². The first-order valence-electron chi connectivity index (χ1n) is 12.6. The van der Waals surface area contributed by atoms with E-state index in [2.05, 4.69) is 5.32 Å². The quantitative estimate of drug-likeness (QED) is 0.420. The Morgan fingerprint density at radius 2 is 1.76 bits per heavy atom. The predicted molar refractivity (Wildman–Crippen MR) is 149 cm³/mol. The summed E-state index contributed by atoms with van der Waals surface area (Å²) in [6.07, 6.45) is 6.52. The number of hydrogen-bond acceptors (Lipinski definition) is 4. The van der Waals surface area contributed by atoms with Crippen molar-refractivity contribution in [3.8, 4) is 0 Å². The van der Waals surface area contributed by atoms with Gasteiger partial charge in [0.2, 0.25) is 21.8 Å². The lowest BCUT2D eigenvalue weighted by Gasteiger charge is -2.34. The summed E-state index contributed by atoms with van der Waals surface area (Å²) in [5, 5.41) is 3.94. The van der Waals surface area contributed by atoms with Gasteiger partial charge in [-0.2, -0.15) is 0 Å². The third-order valence-corrected chi connectivity index (χ3v) is 8.49. The van der Waals surface area contributed by atoms with Crippen molar-refractivity contribution in [2.45, 2.75) is 71.0 Å². The number of nitrogens with one attached hydrogen (secondary N) is 1. The van der Waals surface area contributed by atoms with Crippen LogP contribution in [0.5, 0.6) is 0 Å². The van der Waals surface area contributed by atoms with Crippen molar-refractivity contribution in [1.29, 1.82) is 0 Å². The molecule has 202 valence electrons. The molecule has 2 amide bonds. The van der Waals surface area contributed by atoms with E-state index in [1.807, 2.05) is 13.0 Å². The van der Waals surface area contributed by atoms with Crippen LogP contribution < -0.4 is 9.62 Å². The Labute approximate surface area is 230 Å². The van der Waals surface area contributed by atoms with Gasteiger partial charge in [0.05, 0.1) is 11.9 Å². The van der Waals surface area contributed by atoms with E-state index in [9.17, 15) is 18.0 Å². The highest BCUT2D eigenvalue weighted by Gasteiger charge is 2.33. The minimum atomic E-state index is -3.84. The Kier molecular flexibility index (Phi) is 10.3. The lowest BCUT2D eigenvalue weighted by atomic mass is 9.95. The molecular weight excluding hydrogens is 533 g/mol. The molecular formula is C27H35Cl2N3O4S. The molecule has 1 fully saturated rings. The summed E-state index contributed by atoms with van der Waals surface area (Å²) >= 11 is 12.6. The van der Waals surface area contributed by atoms with E-state index in [1.165, 1.54) is 11.0 Å². The topological polar surface area (TPSA) is 86.8 Å². The van der Waals surface area contributed by atoms with Crippen LogP contribution in [0.2, 0.25) is 10.0 Å². The lowest BCUT2D eigenvalue weighted by Crippen LogP contribution is -2.54. The number of aryl methyl sites for hydroxylation is 1. The number of benzene rings is 2. The first kappa shape index (κ1) is 29.3. The fraction of sp³-hybridized carbons (Fsp3) is 0.481. The molecule has 0 heterocycles. The van der Waals surface area contributed by atoms with Crippen molar-refractivity contribution in [1.82, 2.24) is 10.2 Å². The molecule has 37 heavy (non-hydrogen) atoms. The molecule has 3 rings (SSSR count). The molecule has 0 spiro atoms. The minimum absolute atomic E-state index is 0.0707. The highest BCUT2D eigenvalue weighted by Crippen LogP contribution is 2.27. The van der Waals surface area contributed by atoms with Crippen molar-refractivity contribution in [2.75, 3.05) is 17.1 Å². The standard InChI is InChI=1S/C27H35Cl2N3O4S/c1-4-24(27(34)30-22-11-6-5-7-12-22)31(17-20-10-8-9-13-23(20)29)26(33)18-32(37(3,35)36)25-16-21(28)15-14-19(25)2/h8-10,13-16,22,24H,4-7,11-12,17-18H2,1-3H3,(H,30,34)/t24-/m0/s1. The molecule has 0 radical (unpaired) electrons. The van der Waals surface area contributed by atoms with Crippen LogP contribution >= 0.6 is 23.2 Å². The summed E-state index contributed by atoms with van der Waals surface area (Å²) in [6, 6.07) is 11.3. The second-order valence-corrected chi connectivity index (χ2v) is 12.3. The van der Waals surface area contributed by atoms with Gasteiger partial charge in [0, 0.05) is 22.6 Å². The van der Waals surface area contributed by atoms with Crippen LogP contribution in [0, 0.1) is 6.92 Å². The summed E-state index contributed by atoms with van der Waals surface area (Å²) in [6.45, 7) is 3.19. The largest absolute Gasteiger partial charge is 0.352 e. The maximum absolute atomic E-state index is 13.8. The van der Waals surface area contributed by atoms with E-state index in [4.69, 9.17) is 23.2 Å². The zero-order chi connectivity index (χ0) is 27.2. The molecule has 1 atom stereocenters. The molecule has 1 saturated carbocycles. The maximum Gasteiger partial charge on any atom is 0.244 e. The number of carbonyl (C=O) groups is 2. The summed E-state index contributed by atoms with van der Waals surface area (Å²) < 4.78 is 26.7. The molecule has 0 aliphatic heterocycles. The van der Waals surface area contributed by atoms with Gasteiger partial charge in [-0.15, -0.1) is 0 Å². The van der Waals surface area contributed by atoms with Crippen LogP contribution in [0.3, 0.4) is 0 Å². The van der Waals surface area contributed by atoms with Gasteiger partial charge in [0.15, 0.2) is 0 Å². The molecule has 1 aliphatic carbocycles. The summed E-state index contributed by atoms with van der Waals surface area (Å²) in [7, 11) is -3.84. The Bertz CT molecular complexity index is 1220. The number of rotatable bonds is 10. The Morgan fingerprint density at radius 3 is 2.38 bits per heavy atom. The van der Waals surface area contributed by atoms with E-state index >= 15 is 0 Å². The third kappa shape index (κ3) is 7.85. The Hall–Kier alpha value is -2.29. The monoisotopic (exact) mass is 567 g/mol. The van der Waals surface area contributed by atoms with Crippen molar-refractivity contribution in [3.63, 3.8) is 0 Å². The van der Waals surface area contributed by atoms with E-state index in [1.54, 1.807) is 37.3 Å². The van der Waals surface area contributed by atoms with Crippen LogP contribution in [-0.4, -0.2) is 50.0 Å². The SMILES string of the molecule is CC[C@@H](C(=O)NC1CCCCC1)N(Cc1ccccc1Cl)C(=O)CN(c1cc(Cl)ccc1C)S(C)(=O)=O. The predicted octanol–water partition coefficient (Wildman–Crippen LogP) is 5.32. The smallest absolute Gasteiger partial charge is 0.244 e. The maximum atomic E-state index is 13.8. The number of sulfonamides is 1. The zero-order valence-electron chi connectivity index (χ0n) is 21.5. The molecule has 0 saturated heterocycles. The number of anilines is 1. The van der Waals surface area contributed by atoms with E-state index in [-0.39, 0.29) is 18.5 Å². The van der Waals surface area contributed by atoms with Gasteiger partial charge < -0.3 is 10.2 Å². The first-order chi connectivity index (χ1) is 17.5. The van der Waals surface area contributed by atoms with Crippen molar-refractivity contribution >= 4 is 50.7 Å². The van der Waals surface area contributed by atoms with Crippen molar-refractivity contribution in [2.24, 2.45) is 0 Å². The highest BCUT2D eigenvalue weighted by atomic mass is 35.5. The number of hydrogen-bond donors (Lipinski definition) is 1. The van der Waals surface area contributed by atoms with Gasteiger partial charge in [-0.05, 0) is 55.5 Å². The number of nitrogens with zero attached hydrogens (tertiary/aromatic N) is 2. The molecule has 1 aliphatic rings. The molecule has 0 aromatic heterocycles. The van der Waals surface area contributed by atoms with Gasteiger partial charge in [-0.25, -0.2) is 8.42 Å². The molecule has 2 aromatic rings. The second kappa shape index (κ2) is 13.0. The van der Waals surface area contributed by atoms with Gasteiger partial charge in [0.1, 0.15) is 12.6 Å². The fourth-order valence-corrected chi connectivity index (χ4v) is 5.98. The number of amides is 2. The van der Waals surface area contributed by atoms with Gasteiger partial charge in [-0.3, -0.25) is 13.9 Å². The zero-order valence-corrected chi connectivity index (χ0v) is 23.9. The van der Waals surface area contributed by atoms with Crippen LogP contribution in [0.4, 0.5) is 5.69 Å². The van der Waals surface area contributed by atoms with Gasteiger partial charge >= 0.3 is 0 Å². The first-order valence-corrected chi connectivity index (χ1v) is 15.2. The summed E-state index contributed by atoms with van der Waals surface area (Å²) in [5.74, 6) is -0.741. The Balaban J connectivity index is 1.95. The molecule has 0 unspecified atom stereocenters. The normalized spacial score (nSPS) is 15.2. The highest BCUT2D eigenvalue weighted by molar-refractivity contribution is 7.92. The van der Waals surface area contributed by atoms with Crippen LogP contribution in [-0.2, 0) is 26.2 Å². The molecule has 7 nitrogen and oxygen atoms in total. The average Bonchev–Trinajstić information content (AvgIpc) is 2.85. The Morgan fingerprint density at radius 1 is 1.08 bits per heavy atom. The van der Waals surface area contributed by atoms with E-state index in [0.717, 1.165) is 42.7 Å². The van der Waals surface area contributed by atoms with Crippen molar-refractivity contribution < 1.29 is 18.0 Å². The lowest BCUT2D eigenvalue weighted by molar-refractivity contribution is -0.140.